The monoisotopic (exact) mass is 203 g/mol. The van der Waals surface area contributed by atoms with E-state index in [1.165, 1.54) is 38.6 Å². The Hall–Kier alpha value is -0.0800. The van der Waals surface area contributed by atoms with Crippen molar-refractivity contribution in [1.82, 2.24) is 4.90 Å². The largest absolute Gasteiger partial charge is 0.385 e. The average Bonchev–Trinajstić information content (AvgIpc) is 2.18. The van der Waals surface area contributed by atoms with E-state index >= 15 is 0 Å². The van der Waals surface area contributed by atoms with Crippen LogP contribution in [0.25, 0.3) is 0 Å². The van der Waals surface area contributed by atoms with Crippen molar-refractivity contribution < 1.29 is 4.74 Å². The second kappa shape index (κ2) is 15.4. The third kappa shape index (κ3) is 22.7. The predicted octanol–water partition coefficient (Wildman–Crippen LogP) is 3.17. The van der Waals surface area contributed by atoms with Crippen molar-refractivity contribution in [2.75, 3.05) is 34.4 Å². The molecule has 0 saturated heterocycles. The van der Waals surface area contributed by atoms with Crippen LogP contribution >= 0.6 is 0 Å². The van der Waals surface area contributed by atoms with E-state index in [-0.39, 0.29) is 0 Å². The van der Waals surface area contributed by atoms with Gasteiger partial charge in [0.05, 0.1) is 0 Å². The number of nitrogens with zero attached hydrogens (tertiary/aromatic N) is 1. The Morgan fingerprint density at radius 1 is 0.929 bits per heavy atom. The fraction of sp³-hybridized carbons (Fsp3) is 1.00. The van der Waals surface area contributed by atoms with E-state index in [1.807, 2.05) is 6.92 Å². The quantitative estimate of drug-likeness (QED) is 0.589. The molecule has 0 aliphatic carbocycles. The molecule has 14 heavy (non-hydrogen) atoms. The molecule has 0 unspecified atom stereocenters. The fourth-order valence-electron chi connectivity index (χ4n) is 1.03. The van der Waals surface area contributed by atoms with Gasteiger partial charge in [-0.25, -0.2) is 0 Å². The van der Waals surface area contributed by atoms with Gasteiger partial charge in [-0.05, 0) is 34.0 Å². The van der Waals surface area contributed by atoms with Gasteiger partial charge in [0.1, 0.15) is 0 Å². The fourth-order valence-corrected chi connectivity index (χ4v) is 1.03. The minimum absolute atomic E-state index is 0.819. The molecule has 0 radical (unpaired) electrons. The van der Waals surface area contributed by atoms with Crippen LogP contribution < -0.4 is 0 Å². The molecule has 0 heterocycles. The van der Waals surface area contributed by atoms with Gasteiger partial charge in [0.2, 0.25) is 0 Å². The third-order valence-electron chi connectivity index (χ3n) is 2.00. The number of rotatable bonds is 7. The van der Waals surface area contributed by atoms with Crippen LogP contribution in [0.2, 0.25) is 0 Å². The predicted molar refractivity (Wildman–Crippen MR) is 64.9 cm³/mol. The molecular weight excluding hydrogens is 174 g/mol. The maximum atomic E-state index is 4.54. The number of methoxy groups -OCH3 is 1. The van der Waals surface area contributed by atoms with Crippen molar-refractivity contribution >= 4 is 0 Å². The minimum Gasteiger partial charge on any atom is -0.385 e. The van der Waals surface area contributed by atoms with E-state index in [2.05, 4.69) is 30.7 Å². The summed E-state index contributed by atoms with van der Waals surface area (Å²) in [6.07, 6.45) is 6.96. The number of hydrogen-bond donors (Lipinski definition) is 0. The summed E-state index contributed by atoms with van der Waals surface area (Å²) in [5, 5.41) is 0. The molecule has 0 spiro atoms. The van der Waals surface area contributed by atoms with Gasteiger partial charge in [-0.15, -0.1) is 0 Å². The van der Waals surface area contributed by atoms with Crippen LogP contribution in [0.15, 0.2) is 0 Å². The smallest absolute Gasteiger partial charge is 0.0433 e. The Labute approximate surface area is 90.6 Å². The van der Waals surface area contributed by atoms with Crippen molar-refractivity contribution in [1.29, 1.82) is 0 Å². The summed E-state index contributed by atoms with van der Waals surface area (Å²) >= 11 is 0. The van der Waals surface area contributed by atoms with Gasteiger partial charge < -0.3 is 9.64 Å². The van der Waals surface area contributed by atoms with Gasteiger partial charge in [-0.1, -0.05) is 32.6 Å². The summed E-state index contributed by atoms with van der Waals surface area (Å²) < 4.78 is 4.54. The van der Waals surface area contributed by atoms with Gasteiger partial charge in [0, 0.05) is 13.7 Å². The zero-order valence-corrected chi connectivity index (χ0v) is 10.8. The van der Waals surface area contributed by atoms with Gasteiger partial charge in [0.15, 0.2) is 0 Å². The van der Waals surface area contributed by atoms with Gasteiger partial charge in [-0.2, -0.15) is 0 Å². The summed E-state index contributed by atoms with van der Waals surface area (Å²) in [6.45, 7) is 6.29. The molecule has 88 valence electrons. The third-order valence-corrected chi connectivity index (χ3v) is 2.00. The lowest BCUT2D eigenvalue weighted by atomic mass is 10.1. The van der Waals surface area contributed by atoms with E-state index in [4.69, 9.17) is 0 Å². The molecule has 0 aliphatic rings. The standard InChI is InChI=1S/C9H21N.C3H8O/c1-4-5-6-7-8-9-10(2)3;1-3-4-2/h4-9H2,1-3H3;3H2,1-2H3. The molecule has 0 aromatic carbocycles. The maximum absolute atomic E-state index is 4.54. The van der Waals surface area contributed by atoms with Crippen molar-refractivity contribution in [2.45, 2.75) is 46.0 Å². The van der Waals surface area contributed by atoms with E-state index in [0.29, 0.717) is 0 Å². The molecule has 0 aromatic rings. The molecule has 2 heteroatoms. The SMILES string of the molecule is CCCCCCCN(C)C.CCOC. The number of hydrogen-bond acceptors (Lipinski definition) is 2. The van der Waals surface area contributed by atoms with Gasteiger partial charge >= 0.3 is 0 Å². The van der Waals surface area contributed by atoms with E-state index in [9.17, 15) is 0 Å². The zero-order chi connectivity index (χ0) is 11.2. The summed E-state index contributed by atoms with van der Waals surface area (Å²) in [4.78, 5) is 2.26. The summed E-state index contributed by atoms with van der Waals surface area (Å²) in [6, 6.07) is 0. The molecule has 0 N–H and O–H groups in total. The zero-order valence-electron chi connectivity index (χ0n) is 10.8. The molecular formula is C12H29NO. The summed E-state index contributed by atoms with van der Waals surface area (Å²) in [5.74, 6) is 0. The Balaban J connectivity index is 0. The van der Waals surface area contributed by atoms with Crippen LogP contribution in [0.4, 0.5) is 0 Å². The first-order valence-corrected chi connectivity index (χ1v) is 5.82. The van der Waals surface area contributed by atoms with Gasteiger partial charge in [-0.3, -0.25) is 0 Å². The normalized spacial score (nSPS) is 9.86. The highest BCUT2D eigenvalue weighted by atomic mass is 16.5. The van der Waals surface area contributed by atoms with Crippen LogP contribution in [0, 0.1) is 0 Å². The minimum atomic E-state index is 0.819. The average molecular weight is 203 g/mol. The molecule has 0 aliphatic heterocycles. The van der Waals surface area contributed by atoms with Crippen molar-refractivity contribution in [3.8, 4) is 0 Å². The number of unbranched alkanes of at least 4 members (excludes halogenated alkanes) is 4. The van der Waals surface area contributed by atoms with Crippen LogP contribution in [0.1, 0.15) is 46.0 Å². The molecule has 0 aromatic heterocycles. The second-order valence-electron chi connectivity index (χ2n) is 3.79. The molecule has 2 nitrogen and oxygen atoms in total. The highest BCUT2D eigenvalue weighted by Gasteiger charge is 1.89. The van der Waals surface area contributed by atoms with Crippen molar-refractivity contribution in [3.63, 3.8) is 0 Å². The van der Waals surface area contributed by atoms with Crippen LogP contribution in [0.5, 0.6) is 0 Å². The molecule has 0 bridgehead atoms. The highest BCUT2D eigenvalue weighted by molar-refractivity contribution is 4.45. The van der Waals surface area contributed by atoms with Crippen molar-refractivity contribution in [2.24, 2.45) is 0 Å². The summed E-state index contributed by atoms with van der Waals surface area (Å²) in [5.41, 5.74) is 0. The maximum Gasteiger partial charge on any atom is 0.0433 e. The topological polar surface area (TPSA) is 12.5 Å². The van der Waals surface area contributed by atoms with E-state index in [1.54, 1.807) is 7.11 Å². The second-order valence-corrected chi connectivity index (χ2v) is 3.79. The van der Waals surface area contributed by atoms with Gasteiger partial charge in [0.25, 0.3) is 0 Å². The van der Waals surface area contributed by atoms with Crippen LogP contribution in [0.3, 0.4) is 0 Å². The van der Waals surface area contributed by atoms with Crippen LogP contribution in [-0.2, 0) is 4.74 Å². The highest BCUT2D eigenvalue weighted by Crippen LogP contribution is 2.01. The lowest BCUT2D eigenvalue weighted by Crippen LogP contribution is -2.12. The number of ether oxygens (including phenoxy) is 1. The first-order valence-electron chi connectivity index (χ1n) is 5.82. The lowest BCUT2D eigenvalue weighted by molar-refractivity contribution is 0.215. The molecule has 0 fully saturated rings. The molecule has 0 rings (SSSR count). The first kappa shape index (κ1) is 16.4. The summed E-state index contributed by atoms with van der Waals surface area (Å²) in [7, 11) is 5.96. The van der Waals surface area contributed by atoms with E-state index in [0.717, 1.165) is 6.61 Å². The van der Waals surface area contributed by atoms with E-state index < -0.39 is 0 Å². The molecule has 0 amide bonds. The molecule has 0 atom stereocenters. The Morgan fingerprint density at radius 2 is 1.43 bits per heavy atom. The lowest BCUT2D eigenvalue weighted by Gasteiger charge is -2.07. The Bertz CT molecular complexity index is 82.4. The van der Waals surface area contributed by atoms with Crippen LogP contribution in [-0.4, -0.2) is 39.3 Å². The first-order chi connectivity index (χ1) is 6.68. The Morgan fingerprint density at radius 3 is 1.79 bits per heavy atom. The van der Waals surface area contributed by atoms with Crippen molar-refractivity contribution in [3.05, 3.63) is 0 Å². The molecule has 0 saturated carbocycles. The Kier molecular flexibility index (Phi) is 18.0.